The van der Waals surface area contributed by atoms with Gasteiger partial charge in [0.2, 0.25) is 5.43 Å². The predicted molar refractivity (Wildman–Crippen MR) is 104 cm³/mol. The molecule has 0 atom stereocenters. The molecule has 5 nitrogen and oxygen atoms in total. The fourth-order valence-electron chi connectivity index (χ4n) is 3.37. The van der Waals surface area contributed by atoms with Gasteiger partial charge in [0.05, 0.1) is 6.20 Å². The normalized spacial score (nSPS) is 13.9. The topological polar surface area (TPSA) is 54.7 Å². The zero-order valence-electron chi connectivity index (χ0n) is 15.0. The van der Waals surface area contributed by atoms with Crippen LogP contribution < -0.4 is 10.2 Å². The van der Waals surface area contributed by atoms with E-state index in [4.69, 9.17) is 4.74 Å². The van der Waals surface area contributed by atoms with Crippen molar-refractivity contribution in [3.63, 3.8) is 0 Å². The van der Waals surface area contributed by atoms with Crippen molar-refractivity contribution in [1.29, 1.82) is 0 Å². The van der Waals surface area contributed by atoms with E-state index < -0.39 is 0 Å². The Kier molecular flexibility index (Phi) is 4.94. The van der Waals surface area contributed by atoms with Crippen LogP contribution in [0.15, 0.2) is 71.7 Å². The number of pyridine rings is 1. The van der Waals surface area contributed by atoms with Crippen LogP contribution in [0.4, 0.5) is 0 Å². The van der Waals surface area contributed by atoms with Gasteiger partial charge in [-0.25, -0.2) is 0 Å². The number of hydrogen-bond acceptors (Lipinski definition) is 4. The minimum absolute atomic E-state index is 0.185. The third-order valence-electron chi connectivity index (χ3n) is 4.79. The largest absolute Gasteiger partial charge is 0.503 e. The molecule has 2 heterocycles. The molecule has 2 aromatic carbocycles. The maximum absolute atomic E-state index is 11.7. The zero-order chi connectivity index (χ0) is 18.6. The van der Waals surface area contributed by atoms with Crippen LogP contribution in [0.5, 0.6) is 11.5 Å². The van der Waals surface area contributed by atoms with Crippen LogP contribution in [0.2, 0.25) is 0 Å². The van der Waals surface area contributed by atoms with Crippen molar-refractivity contribution in [2.24, 2.45) is 0 Å². The monoisotopic (exact) mass is 362 g/mol. The summed E-state index contributed by atoms with van der Waals surface area (Å²) in [6.45, 7) is 3.65. The third-order valence-corrected chi connectivity index (χ3v) is 4.79. The first kappa shape index (κ1) is 17.4. The Labute approximate surface area is 158 Å². The number of hydrogen-bond donors (Lipinski definition) is 1. The Hall–Kier alpha value is -3.05. The summed E-state index contributed by atoms with van der Waals surface area (Å²) in [5.41, 5.74) is 2.93. The van der Waals surface area contributed by atoms with Crippen LogP contribution in [-0.2, 0) is 26.2 Å². The van der Waals surface area contributed by atoms with E-state index in [1.54, 1.807) is 0 Å². The summed E-state index contributed by atoms with van der Waals surface area (Å²) in [7, 11) is 0. The molecule has 0 unspecified atom stereocenters. The number of aromatic hydroxyl groups is 1. The van der Waals surface area contributed by atoms with Gasteiger partial charge in [-0.05, 0) is 23.3 Å². The van der Waals surface area contributed by atoms with E-state index >= 15 is 0 Å². The van der Waals surface area contributed by atoms with E-state index in [1.807, 2.05) is 34.9 Å². The predicted octanol–water partition coefficient (Wildman–Crippen LogP) is 3.15. The van der Waals surface area contributed by atoms with Crippen molar-refractivity contribution in [1.82, 2.24) is 9.47 Å². The van der Waals surface area contributed by atoms with Gasteiger partial charge in [0.25, 0.3) is 0 Å². The molecule has 0 aliphatic carbocycles. The van der Waals surface area contributed by atoms with E-state index in [0.29, 0.717) is 13.2 Å². The number of fused-ring (bicyclic) bond motifs is 1. The molecule has 5 heteroatoms. The van der Waals surface area contributed by atoms with Crippen LogP contribution in [0.25, 0.3) is 0 Å². The van der Waals surface area contributed by atoms with Gasteiger partial charge in [-0.1, -0.05) is 42.5 Å². The average molecular weight is 362 g/mol. The average Bonchev–Trinajstić information content (AvgIpc) is 2.69. The van der Waals surface area contributed by atoms with Crippen LogP contribution in [0, 0.1) is 0 Å². The molecular formula is C22H22N2O3. The highest BCUT2D eigenvalue weighted by molar-refractivity contribution is 5.29. The summed E-state index contributed by atoms with van der Waals surface area (Å²) in [5.74, 6) is 0.672. The molecule has 3 aromatic rings. The summed E-state index contributed by atoms with van der Waals surface area (Å²) >= 11 is 0. The highest BCUT2D eigenvalue weighted by atomic mass is 16.5. The van der Waals surface area contributed by atoms with Crippen molar-refractivity contribution in [3.8, 4) is 11.5 Å². The fourth-order valence-corrected chi connectivity index (χ4v) is 3.37. The second kappa shape index (κ2) is 7.68. The maximum Gasteiger partial charge on any atom is 0.223 e. The SMILES string of the molecule is O=c1cc2n(cc1O)CCN(Cc1cccc(OCc3ccccc3)c1)C2. The Morgan fingerprint density at radius 3 is 2.63 bits per heavy atom. The third kappa shape index (κ3) is 4.20. The van der Waals surface area contributed by atoms with Gasteiger partial charge in [0.15, 0.2) is 5.75 Å². The zero-order valence-corrected chi connectivity index (χ0v) is 15.0. The van der Waals surface area contributed by atoms with Crippen LogP contribution >= 0.6 is 0 Å². The Morgan fingerprint density at radius 2 is 1.78 bits per heavy atom. The molecule has 4 rings (SSSR count). The van der Waals surface area contributed by atoms with Crippen LogP contribution in [0.3, 0.4) is 0 Å². The lowest BCUT2D eigenvalue weighted by atomic mass is 10.1. The van der Waals surface area contributed by atoms with Gasteiger partial charge in [0.1, 0.15) is 12.4 Å². The van der Waals surface area contributed by atoms with Gasteiger partial charge >= 0.3 is 0 Å². The lowest BCUT2D eigenvalue weighted by molar-refractivity contribution is 0.209. The fraction of sp³-hybridized carbons (Fsp3) is 0.227. The molecule has 0 bridgehead atoms. The Morgan fingerprint density at radius 1 is 0.963 bits per heavy atom. The molecule has 0 fully saturated rings. The number of rotatable bonds is 5. The van der Waals surface area contributed by atoms with Gasteiger partial charge < -0.3 is 14.4 Å². The first-order valence-corrected chi connectivity index (χ1v) is 9.08. The van der Waals surface area contributed by atoms with Crippen molar-refractivity contribution in [2.45, 2.75) is 26.2 Å². The van der Waals surface area contributed by atoms with E-state index in [1.165, 1.54) is 17.8 Å². The molecule has 1 aromatic heterocycles. The first-order valence-electron chi connectivity index (χ1n) is 9.08. The lowest BCUT2D eigenvalue weighted by Gasteiger charge is -2.30. The molecular weight excluding hydrogens is 340 g/mol. The summed E-state index contributed by atoms with van der Waals surface area (Å²) in [6, 6.07) is 19.8. The molecule has 0 amide bonds. The van der Waals surface area contributed by atoms with Crippen molar-refractivity contribution < 1.29 is 9.84 Å². The highest BCUT2D eigenvalue weighted by Gasteiger charge is 2.17. The first-order chi connectivity index (χ1) is 13.2. The smallest absolute Gasteiger partial charge is 0.223 e. The van der Waals surface area contributed by atoms with Crippen molar-refractivity contribution >= 4 is 0 Å². The molecule has 138 valence electrons. The summed E-state index contributed by atoms with van der Waals surface area (Å²) in [6.07, 6.45) is 1.53. The quantitative estimate of drug-likeness (QED) is 0.758. The molecule has 1 aliphatic heterocycles. The highest BCUT2D eigenvalue weighted by Crippen LogP contribution is 2.20. The second-order valence-corrected chi connectivity index (χ2v) is 6.84. The van der Waals surface area contributed by atoms with E-state index in [-0.39, 0.29) is 11.2 Å². The summed E-state index contributed by atoms with van der Waals surface area (Å²) in [5, 5.41) is 9.58. The van der Waals surface area contributed by atoms with Crippen molar-refractivity contribution in [2.75, 3.05) is 6.54 Å². The summed E-state index contributed by atoms with van der Waals surface area (Å²) < 4.78 is 7.87. The lowest BCUT2D eigenvalue weighted by Crippen LogP contribution is -2.34. The molecule has 1 aliphatic rings. The van der Waals surface area contributed by atoms with Gasteiger partial charge in [-0.3, -0.25) is 9.69 Å². The standard InChI is InChI=1S/C22H22N2O3/c25-21-12-19-14-23(9-10-24(19)15-22(21)26)13-18-7-4-8-20(11-18)27-16-17-5-2-1-3-6-17/h1-8,11-12,15,26H,9-10,13-14,16H2. The second-order valence-electron chi connectivity index (χ2n) is 6.84. The van der Waals surface area contributed by atoms with Gasteiger partial charge in [0, 0.05) is 37.9 Å². The molecule has 1 N–H and O–H groups in total. The minimum Gasteiger partial charge on any atom is -0.503 e. The number of aromatic nitrogens is 1. The molecule has 0 radical (unpaired) electrons. The minimum atomic E-state index is -0.320. The maximum atomic E-state index is 11.7. The van der Waals surface area contributed by atoms with Gasteiger partial charge in [-0.2, -0.15) is 0 Å². The molecule has 27 heavy (non-hydrogen) atoms. The Balaban J connectivity index is 1.41. The van der Waals surface area contributed by atoms with Crippen molar-refractivity contribution in [3.05, 3.63) is 93.9 Å². The number of benzene rings is 2. The molecule has 0 saturated carbocycles. The number of ether oxygens (including phenoxy) is 1. The summed E-state index contributed by atoms with van der Waals surface area (Å²) in [4.78, 5) is 14.0. The van der Waals surface area contributed by atoms with E-state index in [9.17, 15) is 9.90 Å². The molecule has 0 saturated heterocycles. The van der Waals surface area contributed by atoms with Crippen LogP contribution in [0.1, 0.15) is 16.8 Å². The van der Waals surface area contributed by atoms with Crippen LogP contribution in [-0.4, -0.2) is 21.1 Å². The van der Waals surface area contributed by atoms with E-state index in [2.05, 4.69) is 29.2 Å². The molecule has 0 spiro atoms. The van der Waals surface area contributed by atoms with Gasteiger partial charge in [-0.15, -0.1) is 0 Å². The van der Waals surface area contributed by atoms with E-state index in [0.717, 1.165) is 36.6 Å². The number of nitrogens with zero attached hydrogens (tertiary/aromatic N) is 2. The Bertz CT molecular complexity index is 982.